The highest BCUT2D eigenvalue weighted by Crippen LogP contribution is 2.40. The Kier molecular flexibility index (Phi) is 4.61. The molecule has 3 rings (SSSR count). The molecule has 130 valence electrons. The van der Waals surface area contributed by atoms with Crippen molar-refractivity contribution >= 4 is 11.7 Å². The molecule has 2 aromatic rings. The van der Waals surface area contributed by atoms with Crippen LogP contribution in [0.2, 0.25) is 0 Å². The molecular formula is C16H16F2N6O. The number of carbonyl (C=O) groups is 1. The number of aryl methyl sites for hydroxylation is 1. The zero-order chi connectivity index (χ0) is 18.0. The van der Waals surface area contributed by atoms with Gasteiger partial charge in [-0.05, 0) is 31.7 Å². The second-order valence-corrected chi connectivity index (χ2v) is 5.77. The summed E-state index contributed by atoms with van der Waals surface area (Å²) in [6.45, 7) is 2.52. The molecule has 0 aliphatic heterocycles. The Morgan fingerprint density at radius 3 is 2.84 bits per heavy atom. The predicted octanol–water partition coefficient (Wildman–Crippen LogP) is 2.72. The van der Waals surface area contributed by atoms with Crippen molar-refractivity contribution in [1.82, 2.24) is 20.1 Å². The molecule has 1 heterocycles. The lowest BCUT2D eigenvalue weighted by molar-refractivity contribution is 0.245. The van der Waals surface area contributed by atoms with Crippen molar-refractivity contribution < 1.29 is 13.6 Å². The van der Waals surface area contributed by atoms with Gasteiger partial charge in [0, 0.05) is 12.6 Å². The Balaban J connectivity index is 1.75. The third-order valence-electron chi connectivity index (χ3n) is 4.03. The number of aromatic nitrogens is 3. The second-order valence-electron chi connectivity index (χ2n) is 5.77. The monoisotopic (exact) mass is 346 g/mol. The molecule has 7 nitrogen and oxygen atoms in total. The van der Waals surface area contributed by atoms with Crippen molar-refractivity contribution in [2.75, 3.05) is 5.32 Å². The molecule has 1 unspecified atom stereocenters. The SMILES string of the molecule is CCn1ncnc1C(NC(=O)Nc1cc(F)c(C#N)cc1F)C1CC1. The zero-order valence-corrected chi connectivity index (χ0v) is 13.5. The van der Waals surface area contributed by atoms with Gasteiger partial charge < -0.3 is 10.6 Å². The molecule has 1 fully saturated rings. The number of nitriles is 1. The average Bonchev–Trinajstić information content (AvgIpc) is 3.32. The number of benzene rings is 1. The number of urea groups is 1. The van der Waals surface area contributed by atoms with Gasteiger partial charge in [-0.15, -0.1) is 0 Å². The first-order valence-electron chi connectivity index (χ1n) is 7.87. The van der Waals surface area contributed by atoms with Crippen LogP contribution < -0.4 is 10.6 Å². The van der Waals surface area contributed by atoms with E-state index in [1.807, 2.05) is 6.92 Å². The maximum Gasteiger partial charge on any atom is 0.319 e. The third kappa shape index (κ3) is 3.57. The van der Waals surface area contributed by atoms with Crippen molar-refractivity contribution in [3.63, 3.8) is 0 Å². The van der Waals surface area contributed by atoms with E-state index in [-0.39, 0.29) is 17.6 Å². The molecule has 2 amide bonds. The smallest absolute Gasteiger partial charge is 0.319 e. The molecular weight excluding hydrogens is 330 g/mol. The van der Waals surface area contributed by atoms with Crippen LogP contribution in [-0.4, -0.2) is 20.8 Å². The van der Waals surface area contributed by atoms with E-state index < -0.39 is 23.2 Å². The summed E-state index contributed by atoms with van der Waals surface area (Å²) in [5.74, 6) is -0.911. The summed E-state index contributed by atoms with van der Waals surface area (Å²) in [5, 5.41) is 17.8. The summed E-state index contributed by atoms with van der Waals surface area (Å²) in [4.78, 5) is 16.4. The van der Waals surface area contributed by atoms with Gasteiger partial charge in [-0.25, -0.2) is 23.2 Å². The lowest BCUT2D eigenvalue weighted by atomic mass is 10.1. The molecule has 0 spiro atoms. The number of hydrogen-bond acceptors (Lipinski definition) is 4. The predicted molar refractivity (Wildman–Crippen MR) is 84.4 cm³/mol. The molecule has 25 heavy (non-hydrogen) atoms. The minimum Gasteiger partial charge on any atom is -0.328 e. The van der Waals surface area contributed by atoms with Gasteiger partial charge in [0.25, 0.3) is 0 Å². The van der Waals surface area contributed by atoms with Crippen LogP contribution in [0.5, 0.6) is 0 Å². The van der Waals surface area contributed by atoms with Crippen LogP contribution in [-0.2, 0) is 6.54 Å². The normalized spacial score (nSPS) is 14.6. The maximum absolute atomic E-state index is 13.9. The van der Waals surface area contributed by atoms with E-state index in [0.29, 0.717) is 12.4 Å². The summed E-state index contributed by atoms with van der Waals surface area (Å²) in [7, 11) is 0. The van der Waals surface area contributed by atoms with Crippen molar-refractivity contribution in [3.05, 3.63) is 41.5 Å². The Labute approximate surface area is 142 Å². The first-order chi connectivity index (χ1) is 12.0. The molecule has 0 bridgehead atoms. The summed E-state index contributed by atoms with van der Waals surface area (Å²) >= 11 is 0. The summed E-state index contributed by atoms with van der Waals surface area (Å²) in [5.41, 5.74) is -0.754. The van der Waals surface area contributed by atoms with Crippen molar-refractivity contribution in [2.24, 2.45) is 5.92 Å². The van der Waals surface area contributed by atoms with E-state index in [1.54, 1.807) is 10.8 Å². The van der Waals surface area contributed by atoms with Crippen LogP contribution >= 0.6 is 0 Å². The third-order valence-corrected chi connectivity index (χ3v) is 4.03. The number of halogens is 2. The van der Waals surface area contributed by atoms with E-state index in [2.05, 4.69) is 20.7 Å². The number of nitrogens with zero attached hydrogens (tertiary/aromatic N) is 4. The molecule has 1 aliphatic rings. The molecule has 9 heteroatoms. The van der Waals surface area contributed by atoms with Gasteiger partial charge in [0.1, 0.15) is 29.9 Å². The van der Waals surface area contributed by atoms with Crippen molar-refractivity contribution in [2.45, 2.75) is 32.4 Å². The number of nitrogens with one attached hydrogen (secondary N) is 2. The van der Waals surface area contributed by atoms with Gasteiger partial charge in [-0.3, -0.25) is 0 Å². The minimum atomic E-state index is -0.899. The first kappa shape index (κ1) is 16.8. The van der Waals surface area contributed by atoms with Crippen LogP contribution in [0.3, 0.4) is 0 Å². The summed E-state index contributed by atoms with van der Waals surface area (Å²) in [6.07, 6.45) is 3.31. The zero-order valence-electron chi connectivity index (χ0n) is 13.5. The standard InChI is InChI=1S/C16H16F2N6O/c1-2-24-15(20-8-21-24)14(9-3-4-9)23-16(25)22-13-6-11(17)10(7-19)5-12(13)18/h5-6,8-9,14H,2-4H2,1H3,(H2,22,23,25). The minimum absolute atomic E-state index is 0.239. The first-order valence-corrected chi connectivity index (χ1v) is 7.87. The molecule has 1 aromatic carbocycles. The quantitative estimate of drug-likeness (QED) is 0.870. The van der Waals surface area contributed by atoms with Crippen LogP contribution in [0, 0.1) is 28.9 Å². The Morgan fingerprint density at radius 2 is 2.20 bits per heavy atom. The lowest BCUT2D eigenvalue weighted by Gasteiger charge is -2.18. The highest BCUT2D eigenvalue weighted by atomic mass is 19.1. The Bertz CT molecular complexity index is 840. The Hall–Kier alpha value is -3.02. The topological polar surface area (TPSA) is 95.6 Å². The fourth-order valence-corrected chi connectivity index (χ4v) is 2.61. The molecule has 1 aliphatic carbocycles. The van der Waals surface area contributed by atoms with Crippen molar-refractivity contribution in [3.8, 4) is 6.07 Å². The van der Waals surface area contributed by atoms with E-state index in [4.69, 9.17) is 5.26 Å². The molecule has 1 atom stereocenters. The summed E-state index contributed by atoms with van der Waals surface area (Å²) < 4.78 is 29.2. The number of hydrogen-bond donors (Lipinski definition) is 2. The molecule has 1 aromatic heterocycles. The molecule has 0 radical (unpaired) electrons. The second kappa shape index (κ2) is 6.84. The van der Waals surface area contributed by atoms with Gasteiger partial charge in [0.15, 0.2) is 0 Å². The fourth-order valence-electron chi connectivity index (χ4n) is 2.61. The highest BCUT2D eigenvalue weighted by Gasteiger charge is 2.36. The molecule has 2 N–H and O–H groups in total. The average molecular weight is 346 g/mol. The highest BCUT2D eigenvalue weighted by molar-refractivity contribution is 5.89. The van der Waals surface area contributed by atoms with E-state index in [0.717, 1.165) is 25.0 Å². The van der Waals surface area contributed by atoms with Gasteiger partial charge in [0.05, 0.1) is 17.3 Å². The maximum atomic E-state index is 13.9. The van der Waals surface area contributed by atoms with Gasteiger partial charge in [-0.1, -0.05) is 0 Å². The van der Waals surface area contributed by atoms with Gasteiger partial charge >= 0.3 is 6.03 Å². The fraction of sp³-hybridized carbons (Fsp3) is 0.375. The molecule has 0 saturated heterocycles. The molecule has 1 saturated carbocycles. The van der Waals surface area contributed by atoms with Gasteiger partial charge in [-0.2, -0.15) is 10.4 Å². The number of rotatable bonds is 5. The van der Waals surface area contributed by atoms with Gasteiger partial charge in [0.2, 0.25) is 0 Å². The van der Waals surface area contributed by atoms with E-state index >= 15 is 0 Å². The number of amides is 2. The van der Waals surface area contributed by atoms with Crippen LogP contribution in [0.4, 0.5) is 19.3 Å². The number of anilines is 1. The van der Waals surface area contributed by atoms with Crippen LogP contribution in [0.1, 0.15) is 37.2 Å². The van der Waals surface area contributed by atoms with Crippen molar-refractivity contribution in [1.29, 1.82) is 5.26 Å². The van der Waals surface area contributed by atoms with E-state index in [1.165, 1.54) is 6.33 Å². The Morgan fingerprint density at radius 1 is 1.44 bits per heavy atom. The largest absolute Gasteiger partial charge is 0.328 e. The number of carbonyl (C=O) groups excluding carboxylic acids is 1. The van der Waals surface area contributed by atoms with Crippen LogP contribution in [0.15, 0.2) is 18.5 Å². The van der Waals surface area contributed by atoms with Crippen LogP contribution in [0.25, 0.3) is 0 Å². The summed E-state index contributed by atoms with van der Waals surface area (Å²) in [6, 6.07) is 2.05. The lowest BCUT2D eigenvalue weighted by Crippen LogP contribution is -2.35. The van der Waals surface area contributed by atoms with E-state index in [9.17, 15) is 13.6 Å².